The van der Waals surface area contributed by atoms with Crippen LogP contribution in [0.1, 0.15) is 55.4 Å². The minimum absolute atomic E-state index is 0.0332. The molecule has 0 bridgehead atoms. The van der Waals surface area contributed by atoms with E-state index < -0.39 is 0 Å². The van der Waals surface area contributed by atoms with E-state index in [4.69, 9.17) is 0 Å². The van der Waals surface area contributed by atoms with Crippen molar-refractivity contribution in [3.8, 4) is 5.69 Å². The number of hydrogen-bond acceptors (Lipinski definition) is 5. The maximum atomic E-state index is 13.8. The number of nitrogens with zero attached hydrogens (tertiary/aromatic N) is 6. The van der Waals surface area contributed by atoms with E-state index in [2.05, 4.69) is 37.7 Å². The molecule has 0 radical (unpaired) electrons. The van der Waals surface area contributed by atoms with Crippen molar-refractivity contribution in [3.63, 3.8) is 0 Å². The first kappa shape index (κ1) is 23.6. The third-order valence-electron chi connectivity index (χ3n) is 8.03. The quantitative estimate of drug-likeness (QED) is 0.378. The predicted octanol–water partition coefficient (Wildman–Crippen LogP) is 4.56. The minimum atomic E-state index is 0.0332. The molecule has 1 saturated carbocycles. The zero-order valence-corrected chi connectivity index (χ0v) is 21.6. The highest BCUT2D eigenvalue weighted by Gasteiger charge is 2.25. The van der Waals surface area contributed by atoms with Crippen LogP contribution in [-0.2, 0) is 7.05 Å². The second kappa shape index (κ2) is 9.57. The van der Waals surface area contributed by atoms with E-state index in [-0.39, 0.29) is 17.5 Å². The Bertz CT molecular complexity index is 1480. The Kier molecular flexibility index (Phi) is 6.10. The van der Waals surface area contributed by atoms with Gasteiger partial charge in [-0.15, -0.1) is 0 Å². The summed E-state index contributed by atoms with van der Waals surface area (Å²) in [6, 6.07) is 14.6. The average molecular weight is 499 g/mol. The molecule has 1 saturated heterocycles. The number of anilines is 2. The Labute approximate surface area is 216 Å². The fourth-order valence-corrected chi connectivity index (χ4v) is 6.00. The monoisotopic (exact) mass is 498 g/mol. The van der Waals surface area contributed by atoms with Crippen LogP contribution in [0.25, 0.3) is 16.7 Å². The molecule has 3 heterocycles. The second-order valence-electron chi connectivity index (χ2n) is 10.4. The van der Waals surface area contributed by atoms with Gasteiger partial charge in [-0.25, -0.2) is 4.79 Å². The molecular formula is C29H34N6O2. The number of imidazole rings is 1. The van der Waals surface area contributed by atoms with Gasteiger partial charge in [0.25, 0.3) is 0 Å². The van der Waals surface area contributed by atoms with Crippen LogP contribution in [0.15, 0.2) is 59.7 Å². The lowest BCUT2D eigenvalue weighted by molar-refractivity contribution is 0.101. The summed E-state index contributed by atoms with van der Waals surface area (Å²) in [5, 5.41) is 4.32. The number of aryl methyl sites for hydroxylation is 1. The van der Waals surface area contributed by atoms with Crippen molar-refractivity contribution in [3.05, 3.63) is 70.9 Å². The molecule has 8 nitrogen and oxygen atoms in total. The van der Waals surface area contributed by atoms with E-state index in [1.807, 2.05) is 42.1 Å². The van der Waals surface area contributed by atoms with Crippen molar-refractivity contribution in [1.29, 1.82) is 0 Å². The summed E-state index contributed by atoms with van der Waals surface area (Å²) in [6.45, 7) is 5.21. The molecule has 2 fully saturated rings. The molecular weight excluding hydrogens is 464 g/mol. The Morgan fingerprint density at radius 1 is 0.838 bits per heavy atom. The van der Waals surface area contributed by atoms with Crippen LogP contribution in [0.4, 0.5) is 11.4 Å². The molecule has 0 amide bonds. The topological polar surface area (TPSA) is 68.3 Å². The van der Waals surface area contributed by atoms with Crippen LogP contribution in [0.2, 0.25) is 0 Å². The largest absolute Gasteiger partial charge is 0.368 e. The summed E-state index contributed by atoms with van der Waals surface area (Å²) in [6.07, 6.45) is 9.37. The van der Waals surface area contributed by atoms with Gasteiger partial charge >= 0.3 is 5.69 Å². The van der Waals surface area contributed by atoms with Gasteiger partial charge in [-0.05, 0) is 62.2 Å². The number of carbonyl (C=O) groups is 1. The van der Waals surface area contributed by atoms with Gasteiger partial charge in [0.1, 0.15) is 0 Å². The Hall–Kier alpha value is -3.81. The van der Waals surface area contributed by atoms with E-state index in [1.54, 1.807) is 17.8 Å². The Balaban J connectivity index is 1.31. The van der Waals surface area contributed by atoms with E-state index in [0.29, 0.717) is 0 Å². The third-order valence-corrected chi connectivity index (χ3v) is 8.03. The van der Waals surface area contributed by atoms with Crippen molar-refractivity contribution in [2.45, 2.75) is 45.1 Å². The number of Topliss-reactive ketones (excluding diaryl/α,β-unsaturated/α-hetero) is 1. The van der Waals surface area contributed by atoms with E-state index in [0.717, 1.165) is 72.7 Å². The summed E-state index contributed by atoms with van der Waals surface area (Å²) >= 11 is 0. The Morgan fingerprint density at radius 3 is 2.11 bits per heavy atom. The summed E-state index contributed by atoms with van der Waals surface area (Å²) < 4.78 is 5.62. The summed E-state index contributed by atoms with van der Waals surface area (Å²) in [5.74, 6) is 0.0934. The average Bonchev–Trinajstić information content (AvgIpc) is 3.48. The van der Waals surface area contributed by atoms with Gasteiger partial charge in [-0.2, -0.15) is 5.10 Å². The van der Waals surface area contributed by atoms with Crippen LogP contribution < -0.4 is 15.5 Å². The highest BCUT2D eigenvalue weighted by Crippen LogP contribution is 2.33. The molecule has 0 atom stereocenters. The molecule has 0 spiro atoms. The molecule has 6 rings (SSSR count). The lowest BCUT2D eigenvalue weighted by Crippen LogP contribution is -2.46. The number of fused-ring (bicyclic) bond motifs is 1. The molecule has 192 valence electrons. The van der Waals surface area contributed by atoms with Crippen LogP contribution >= 0.6 is 0 Å². The normalized spacial score (nSPS) is 17.0. The van der Waals surface area contributed by atoms with Crippen molar-refractivity contribution < 1.29 is 4.79 Å². The molecule has 2 aliphatic rings. The van der Waals surface area contributed by atoms with E-state index in [1.165, 1.54) is 19.3 Å². The third kappa shape index (κ3) is 4.34. The number of piperazine rings is 1. The molecule has 1 aliphatic heterocycles. The van der Waals surface area contributed by atoms with Crippen LogP contribution in [0, 0.1) is 0 Å². The molecule has 2 aromatic carbocycles. The molecule has 4 aromatic rings. The summed E-state index contributed by atoms with van der Waals surface area (Å²) in [5.41, 5.74) is 5.86. The first-order valence-electron chi connectivity index (χ1n) is 13.4. The van der Waals surface area contributed by atoms with E-state index in [9.17, 15) is 9.59 Å². The number of rotatable bonds is 5. The number of ketones is 1. The van der Waals surface area contributed by atoms with Gasteiger partial charge in [-0.1, -0.05) is 19.3 Å². The molecule has 2 aromatic heterocycles. The standard InChI is InChI=1S/C29H34N6O2/c1-21(36)22-8-10-23(11-9-22)32-14-16-33(17-15-32)25-12-13-27-28(18-25)34(24-6-4-3-5-7-24)29(37)35(27)26-19-30-31(2)20-26/h8-13,18-20,24H,3-7,14-17H2,1-2H3. The molecule has 37 heavy (non-hydrogen) atoms. The van der Waals surface area contributed by atoms with Crippen molar-refractivity contribution in [2.75, 3.05) is 36.0 Å². The lowest BCUT2D eigenvalue weighted by Gasteiger charge is -2.37. The van der Waals surface area contributed by atoms with Gasteiger partial charge in [0.2, 0.25) is 0 Å². The number of benzene rings is 2. The van der Waals surface area contributed by atoms with Gasteiger partial charge in [0, 0.05) is 62.4 Å². The van der Waals surface area contributed by atoms with Gasteiger partial charge in [0.15, 0.2) is 5.78 Å². The SMILES string of the molecule is CC(=O)c1ccc(N2CCN(c3ccc4c(c3)n(C3CCCCC3)c(=O)n4-c3cnn(C)c3)CC2)cc1. The smallest absolute Gasteiger partial charge is 0.334 e. The zero-order chi connectivity index (χ0) is 25.5. The highest BCUT2D eigenvalue weighted by molar-refractivity contribution is 5.94. The molecule has 1 aliphatic carbocycles. The van der Waals surface area contributed by atoms with Crippen molar-refractivity contribution in [1.82, 2.24) is 18.9 Å². The number of carbonyl (C=O) groups excluding carboxylic acids is 1. The summed E-state index contributed by atoms with van der Waals surface area (Å²) in [7, 11) is 1.88. The second-order valence-corrected chi connectivity index (χ2v) is 10.4. The number of aromatic nitrogens is 4. The first-order chi connectivity index (χ1) is 18.0. The van der Waals surface area contributed by atoms with E-state index >= 15 is 0 Å². The van der Waals surface area contributed by atoms with Gasteiger partial charge < -0.3 is 9.80 Å². The fraction of sp³-hybridized carbons (Fsp3) is 0.414. The lowest BCUT2D eigenvalue weighted by atomic mass is 9.95. The van der Waals surface area contributed by atoms with Crippen molar-refractivity contribution >= 4 is 28.2 Å². The number of hydrogen-bond donors (Lipinski definition) is 0. The zero-order valence-electron chi connectivity index (χ0n) is 21.6. The minimum Gasteiger partial charge on any atom is -0.368 e. The fourth-order valence-electron chi connectivity index (χ4n) is 6.00. The van der Waals surface area contributed by atoms with Crippen molar-refractivity contribution in [2.24, 2.45) is 7.05 Å². The maximum Gasteiger partial charge on any atom is 0.334 e. The molecule has 8 heteroatoms. The predicted molar refractivity (Wildman–Crippen MR) is 147 cm³/mol. The van der Waals surface area contributed by atoms with Gasteiger partial charge in [0.05, 0.1) is 22.9 Å². The summed E-state index contributed by atoms with van der Waals surface area (Å²) in [4.78, 5) is 30.2. The van der Waals surface area contributed by atoms with Crippen LogP contribution in [0.3, 0.4) is 0 Å². The molecule has 0 N–H and O–H groups in total. The maximum absolute atomic E-state index is 13.8. The highest BCUT2D eigenvalue weighted by atomic mass is 16.2. The molecule has 0 unspecified atom stereocenters. The van der Waals surface area contributed by atoms with Crippen LogP contribution in [-0.4, -0.2) is 50.9 Å². The van der Waals surface area contributed by atoms with Crippen LogP contribution in [0.5, 0.6) is 0 Å². The van der Waals surface area contributed by atoms with Gasteiger partial charge in [-0.3, -0.25) is 18.6 Å². The first-order valence-corrected chi connectivity index (χ1v) is 13.4. The Morgan fingerprint density at radius 2 is 1.49 bits per heavy atom.